The van der Waals surface area contributed by atoms with Gasteiger partial charge in [-0.05, 0) is 60.2 Å². The van der Waals surface area contributed by atoms with Crippen LogP contribution in [0.1, 0.15) is 21.8 Å². The number of carbonyl (C=O) groups is 2. The molecule has 0 spiro atoms. The Morgan fingerprint density at radius 1 is 0.879 bits per heavy atom. The topological polar surface area (TPSA) is 58.2 Å². The third-order valence-corrected chi connectivity index (χ3v) is 6.97. The van der Waals surface area contributed by atoms with Crippen LogP contribution in [0, 0.1) is 11.7 Å². The molecule has 0 aliphatic heterocycles. The lowest BCUT2D eigenvalue weighted by molar-refractivity contribution is -0.117. The Hall–Kier alpha value is -2.02. The molecule has 2 atom stereocenters. The fourth-order valence-electron chi connectivity index (χ4n) is 3.57. The van der Waals surface area contributed by atoms with Crippen molar-refractivity contribution in [2.24, 2.45) is 5.92 Å². The van der Waals surface area contributed by atoms with E-state index in [1.807, 2.05) is 0 Å². The molecule has 4 rings (SSSR count). The molecule has 0 aromatic heterocycles. The molecule has 1 aliphatic carbocycles. The zero-order valence-corrected chi connectivity index (χ0v) is 20.3. The largest absolute Gasteiger partial charge is 0.324 e. The van der Waals surface area contributed by atoms with Crippen molar-refractivity contribution < 1.29 is 14.0 Å². The first-order valence-corrected chi connectivity index (χ1v) is 11.5. The summed E-state index contributed by atoms with van der Waals surface area (Å²) in [7, 11) is 0. The van der Waals surface area contributed by atoms with Gasteiger partial charge in [-0.2, -0.15) is 0 Å². The van der Waals surface area contributed by atoms with Gasteiger partial charge in [0.05, 0.1) is 22.2 Å². The number of hydrogen-bond donors (Lipinski definition) is 2. The molecule has 3 aromatic carbocycles. The van der Waals surface area contributed by atoms with E-state index in [-0.39, 0.29) is 16.3 Å². The van der Waals surface area contributed by atoms with E-state index in [9.17, 15) is 14.0 Å². The minimum atomic E-state index is -1.36. The summed E-state index contributed by atoms with van der Waals surface area (Å²) in [6.45, 7) is 0. The van der Waals surface area contributed by atoms with Crippen LogP contribution in [0.2, 0.25) is 15.1 Å². The van der Waals surface area contributed by atoms with Crippen LogP contribution in [-0.2, 0) is 4.79 Å². The van der Waals surface area contributed by atoms with Crippen LogP contribution in [0.4, 0.5) is 15.8 Å². The second-order valence-corrected chi connectivity index (χ2v) is 10.1. The molecule has 10 heteroatoms. The van der Waals surface area contributed by atoms with Crippen LogP contribution in [0.5, 0.6) is 0 Å². The van der Waals surface area contributed by atoms with Crippen LogP contribution in [0.15, 0.2) is 60.7 Å². The van der Waals surface area contributed by atoms with Crippen molar-refractivity contribution in [1.29, 1.82) is 0 Å². The molecular weight excluding hydrogens is 533 g/mol. The van der Waals surface area contributed by atoms with Crippen LogP contribution in [0.3, 0.4) is 0 Å². The van der Waals surface area contributed by atoms with Crippen molar-refractivity contribution in [2.75, 3.05) is 10.6 Å². The Kier molecular flexibility index (Phi) is 6.81. The van der Waals surface area contributed by atoms with Crippen LogP contribution >= 0.6 is 58.0 Å². The van der Waals surface area contributed by atoms with Gasteiger partial charge in [0.15, 0.2) is 0 Å². The number of amides is 2. The lowest BCUT2D eigenvalue weighted by atomic mass is 10.1. The zero-order chi connectivity index (χ0) is 23.9. The highest BCUT2D eigenvalue weighted by Gasteiger charge is 2.67. The summed E-state index contributed by atoms with van der Waals surface area (Å²) in [6.07, 6.45) is 0. The second kappa shape index (κ2) is 9.32. The highest BCUT2D eigenvalue weighted by molar-refractivity contribution is 6.53. The molecule has 0 radical (unpaired) electrons. The first-order valence-electron chi connectivity index (χ1n) is 9.58. The third kappa shape index (κ3) is 5.08. The zero-order valence-electron chi connectivity index (χ0n) is 16.5. The molecule has 0 bridgehead atoms. The van der Waals surface area contributed by atoms with E-state index >= 15 is 0 Å². The van der Waals surface area contributed by atoms with E-state index in [0.717, 1.165) is 0 Å². The normalized spacial score (nSPS) is 18.5. The Balaban J connectivity index is 1.52. The van der Waals surface area contributed by atoms with Gasteiger partial charge in [0.1, 0.15) is 10.2 Å². The number of carbonyl (C=O) groups excluding carboxylic acids is 2. The summed E-state index contributed by atoms with van der Waals surface area (Å²) in [5.74, 6) is -2.74. The lowest BCUT2D eigenvalue weighted by Crippen LogP contribution is -2.19. The Morgan fingerprint density at radius 2 is 1.52 bits per heavy atom. The molecule has 2 N–H and O–H groups in total. The van der Waals surface area contributed by atoms with Gasteiger partial charge in [0, 0.05) is 21.7 Å². The van der Waals surface area contributed by atoms with E-state index < -0.39 is 33.8 Å². The fourth-order valence-corrected chi connectivity index (χ4v) is 5.20. The number of benzene rings is 3. The predicted octanol–water partition coefficient (Wildman–Crippen LogP) is 7.56. The molecule has 0 unspecified atom stereocenters. The van der Waals surface area contributed by atoms with Gasteiger partial charge >= 0.3 is 0 Å². The Morgan fingerprint density at radius 3 is 2.15 bits per heavy atom. The standard InChI is InChI=1S/C23H14Cl5FN2O2/c24-12-8-11(9-13(25)10-12)18-19(23(18,27)28)22(33)31-17-3-1-2-16(20(17)26)21(32)30-15-6-4-14(29)5-7-15/h1-10,18-19H,(H,30,32)(H,31,33)/t18-,19+/m0/s1. The molecular formula is C23H14Cl5FN2O2. The number of hydrogen-bond acceptors (Lipinski definition) is 2. The van der Waals surface area contributed by atoms with Crippen LogP contribution < -0.4 is 10.6 Å². The van der Waals surface area contributed by atoms with Crippen LogP contribution in [-0.4, -0.2) is 16.1 Å². The van der Waals surface area contributed by atoms with Gasteiger partial charge in [-0.15, -0.1) is 23.2 Å². The quantitative estimate of drug-likeness (QED) is 0.325. The van der Waals surface area contributed by atoms with Gasteiger partial charge in [-0.3, -0.25) is 9.59 Å². The van der Waals surface area contributed by atoms with E-state index in [0.29, 0.717) is 21.3 Å². The number of anilines is 2. The lowest BCUT2D eigenvalue weighted by Gasteiger charge is -2.12. The number of rotatable bonds is 5. The van der Waals surface area contributed by atoms with Gasteiger partial charge < -0.3 is 10.6 Å². The molecule has 1 fully saturated rings. The molecule has 2 amide bonds. The number of alkyl halides is 2. The van der Waals surface area contributed by atoms with Gasteiger partial charge in [0.2, 0.25) is 5.91 Å². The first kappa shape index (κ1) is 24.1. The minimum absolute atomic E-state index is 0.0307. The summed E-state index contributed by atoms with van der Waals surface area (Å²) in [5, 5.41) is 6.14. The van der Waals surface area contributed by atoms with Gasteiger partial charge in [-0.1, -0.05) is 40.9 Å². The molecule has 3 aromatic rings. The molecule has 170 valence electrons. The van der Waals surface area contributed by atoms with Crippen molar-refractivity contribution in [3.63, 3.8) is 0 Å². The fraction of sp³-hybridized carbons (Fsp3) is 0.130. The minimum Gasteiger partial charge on any atom is -0.324 e. The van der Waals surface area contributed by atoms with Crippen molar-refractivity contribution in [1.82, 2.24) is 0 Å². The summed E-state index contributed by atoms with van der Waals surface area (Å²) in [5.41, 5.74) is 1.36. The predicted molar refractivity (Wildman–Crippen MR) is 132 cm³/mol. The second-order valence-electron chi connectivity index (χ2n) is 7.45. The third-order valence-electron chi connectivity index (χ3n) is 5.18. The van der Waals surface area contributed by atoms with Crippen molar-refractivity contribution in [2.45, 2.75) is 10.3 Å². The van der Waals surface area contributed by atoms with Gasteiger partial charge in [-0.25, -0.2) is 4.39 Å². The smallest absolute Gasteiger partial charge is 0.257 e. The molecule has 33 heavy (non-hydrogen) atoms. The Bertz CT molecular complexity index is 1230. The first-order chi connectivity index (χ1) is 15.6. The highest BCUT2D eigenvalue weighted by atomic mass is 35.5. The molecule has 4 nitrogen and oxygen atoms in total. The van der Waals surface area contributed by atoms with Crippen molar-refractivity contribution >= 4 is 81.2 Å². The summed E-state index contributed by atoms with van der Waals surface area (Å²) >= 11 is 31.3. The Labute approximate surface area is 213 Å². The van der Waals surface area contributed by atoms with E-state index in [4.69, 9.17) is 58.0 Å². The van der Waals surface area contributed by atoms with Gasteiger partial charge in [0.25, 0.3) is 5.91 Å². The maximum Gasteiger partial charge on any atom is 0.257 e. The summed E-state index contributed by atoms with van der Waals surface area (Å²) in [6, 6.07) is 14.8. The molecule has 1 aliphatic rings. The number of nitrogens with one attached hydrogen (secondary N) is 2. The SMILES string of the molecule is O=C(Nc1ccc(F)cc1)c1cccc(NC(=O)[C@H]2[C@H](c3cc(Cl)cc(Cl)c3)C2(Cl)Cl)c1Cl. The monoisotopic (exact) mass is 544 g/mol. The maximum atomic E-state index is 13.1. The van der Waals surface area contributed by atoms with Crippen molar-refractivity contribution in [3.8, 4) is 0 Å². The summed E-state index contributed by atoms with van der Waals surface area (Å²) < 4.78 is 11.7. The molecule has 0 heterocycles. The highest BCUT2D eigenvalue weighted by Crippen LogP contribution is 2.65. The van der Waals surface area contributed by atoms with Crippen LogP contribution in [0.25, 0.3) is 0 Å². The van der Waals surface area contributed by atoms with Crippen molar-refractivity contribution in [3.05, 3.63) is 92.7 Å². The molecule has 1 saturated carbocycles. The van der Waals surface area contributed by atoms with E-state index in [1.54, 1.807) is 30.3 Å². The summed E-state index contributed by atoms with van der Waals surface area (Å²) in [4.78, 5) is 25.6. The maximum absolute atomic E-state index is 13.1. The number of halogens is 6. The average molecular weight is 547 g/mol. The van der Waals surface area contributed by atoms with E-state index in [2.05, 4.69) is 10.6 Å². The molecule has 0 saturated heterocycles. The van der Waals surface area contributed by atoms with E-state index in [1.165, 1.54) is 30.3 Å². The average Bonchev–Trinajstić information content (AvgIpc) is 3.32.